The Bertz CT molecular complexity index is 10100. The summed E-state index contributed by atoms with van der Waals surface area (Å²) in [5.74, 6) is 2.67. The minimum Gasteiger partial charge on any atom is -0.309 e. The molecule has 8 heterocycles. The molecule has 2 aliphatic carbocycles. The van der Waals surface area contributed by atoms with Gasteiger partial charge in [0.05, 0.1) is 83.3 Å². The van der Waals surface area contributed by atoms with E-state index >= 15 is 0 Å². The van der Waals surface area contributed by atoms with Crippen molar-refractivity contribution in [1.82, 2.24) is 53.0 Å². The van der Waals surface area contributed by atoms with Gasteiger partial charge >= 0.3 is 0 Å². The van der Waals surface area contributed by atoms with Crippen LogP contribution in [-0.4, -0.2) is 53.0 Å². The molecule has 0 fully saturated rings. The summed E-state index contributed by atoms with van der Waals surface area (Å²) >= 11 is 0. The molecule has 0 spiro atoms. The van der Waals surface area contributed by atoms with Gasteiger partial charge in [0.15, 0.2) is 23.3 Å². The fourth-order valence-electron chi connectivity index (χ4n) is 22.7. The highest BCUT2D eigenvalue weighted by Gasteiger charge is 2.31. The maximum atomic E-state index is 5.30. The van der Waals surface area contributed by atoms with Gasteiger partial charge in [-0.3, -0.25) is 0 Å². The Kier molecular flexibility index (Phi) is 17.6. The number of fused-ring (bicyclic) bond motifs is 14. The van der Waals surface area contributed by atoms with E-state index in [1.54, 1.807) is 0 Å². The van der Waals surface area contributed by atoms with Crippen LogP contribution in [0.15, 0.2) is 467 Å². The average Bonchev–Trinajstić information content (AvgIpc) is 1.51. The Labute approximate surface area is 802 Å². The lowest BCUT2D eigenvalue weighted by atomic mass is 9.93. The number of nitrogens with zero attached hydrogens (tertiary/aromatic N) is 11. The molecule has 0 saturated heterocycles. The van der Waals surface area contributed by atoms with Gasteiger partial charge in [0.25, 0.3) is 0 Å². The summed E-state index contributed by atoms with van der Waals surface area (Å²) in [6.45, 7) is 0. The first-order valence-electron chi connectivity index (χ1n) is 47.6. The first kappa shape index (κ1) is 78.5. The fraction of sp³-hybridized carbons (Fsp3) is 0. The standard InChI is InChI=1S/C45H27N5.2C42H25N3/c1-3-13-28(14-4-1)43-46-44(29-15-5-2-6-16-29)48-45(47-43)30-17-11-18-31(27-30)49-38-24-12-21-34-32-19-7-9-22-36(32)50-37-23-10-8-20-33(37)35-25-26-39(49)41(40(34)38)42(35)50;1-3-11-27(12-4-1)41-34-25-29(22-23-35(34)43-42(44-41)28-13-5-2-6-14-28)45-36-20-10-19-33-31-17-8-7-16-30(31)32-18-9-15-26-21-24-37(45)40(38(26)32)39(33)36;1-3-11-27(12-4-1)41-42(28-13-5-2-6-14-28)44-35-25-29(22-23-34(35)43-41)45-36-20-10-19-33-31-17-8-7-16-30(31)32-18-9-15-26-21-24-37(45)40(38(26)32)39(33)36/h1-27H;2*1-25H. The van der Waals surface area contributed by atoms with E-state index in [4.69, 9.17) is 34.9 Å². The van der Waals surface area contributed by atoms with Gasteiger partial charge in [-0.15, -0.1) is 0 Å². The van der Waals surface area contributed by atoms with Crippen LogP contribution in [0.2, 0.25) is 0 Å². The van der Waals surface area contributed by atoms with Gasteiger partial charge in [-0.25, -0.2) is 34.9 Å². The second kappa shape index (κ2) is 31.3. The van der Waals surface area contributed by atoms with Gasteiger partial charge in [0.1, 0.15) is 0 Å². The number of para-hydroxylation sites is 2. The van der Waals surface area contributed by atoms with Gasteiger partial charge < -0.3 is 18.1 Å². The zero-order valence-electron chi connectivity index (χ0n) is 75.4. The molecule has 0 N–H and O–H groups in total. The van der Waals surface area contributed by atoms with Crippen molar-refractivity contribution >= 4 is 147 Å². The third kappa shape index (κ3) is 12.1. The van der Waals surface area contributed by atoms with Crippen LogP contribution in [0.5, 0.6) is 0 Å². The summed E-state index contributed by atoms with van der Waals surface area (Å²) in [7, 11) is 0. The van der Waals surface area contributed by atoms with Crippen molar-refractivity contribution in [2.45, 2.75) is 0 Å². The Morgan fingerprint density at radius 2 is 0.493 bits per heavy atom. The van der Waals surface area contributed by atoms with E-state index in [-0.39, 0.29) is 0 Å². The predicted molar refractivity (Wildman–Crippen MR) is 579 cm³/mol. The van der Waals surface area contributed by atoms with Crippen molar-refractivity contribution in [2.75, 3.05) is 0 Å². The minimum atomic E-state index is 0.638. The van der Waals surface area contributed by atoms with Crippen LogP contribution in [0.4, 0.5) is 0 Å². The number of rotatable bonds is 10. The lowest BCUT2D eigenvalue weighted by molar-refractivity contribution is 1.07. The molecular formula is C129H77N11. The summed E-state index contributed by atoms with van der Waals surface area (Å²) in [6, 6.07) is 166. The molecule has 0 bridgehead atoms. The number of hydrogen-bond donors (Lipinski definition) is 0. The zero-order valence-corrected chi connectivity index (χ0v) is 75.4. The summed E-state index contributed by atoms with van der Waals surface area (Å²) in [5, 5.41) is 18.9. The molecule has 0 radical (unpaired) electrons. The largest absolute Gasteiger partial charge is 0.309 e. The zero-order chi connectivity index (χ0) is 91.7. The predicted octanol–water partition coefficient (Wildman–Crippen LogP) is 32.8. The molecule has 0 aliphatic heterocycles. The summed E-state index contributed by atoms with van der Waals surface area (Å²) in [4.78, 5) is 35.7. The maximum absolute atomic E-state index is 5.30. The van der Waals surface area contributed by atoms with Crippen LogP contribution in [0.3, 0.4) is 0 Å². The van der Waals surface area contributed by atoms with Gasteiger partial charge in [0.2, 0.25) is 0 Å². The highest BCUT2D eigenvalue weighted by molar-refractivity contribution is 6.35. The van der Waals surface area contributed by atoms with Gasteiger partial charge in [-0.05, 0) is 169 Å². The molecule has 29 aromatic rings. The fourth-order valence-corrected chi connectivity index (χ4v) is 22.7. The Morgan fingerprint density at radius 3 is 1.01 bits per heavy atom. The van der Waals surface area contributed by atoms with E-state index in [2.05, 4.69) is 388 Å². The average molecular weight is 1780 g/mol. The van der Waals surface area contributed by atoms with Crippen molar-refractivity contribution in [1.29, 1.82) is 0 Å². The monoisotopic (exact) mass is 1780 g/mol. The lowest BCUT2D eigenvalue weighted by Crippen LogP contribution is -2.01. The maximum Gasteiger partial charge on any atom is 0.164 e. The molecule has 140 heavy (non-hydrogen) atoms. The van der Waals surface area contributed by atoms with Crippen LogP contribution in [0.1, 0.15) is 0 Å². The SMILES string of the molecule is c1ccc(-c2nc(-c3ccccc3)c3cc(-n4c5cccc6c5c5c7c(cccc7ccc54)-c4ccccc4-6)ccc3n2)cc1.c1ccc(-c2nc(-c3ccccc3)nc(-c3cccc(-n4c5cccc6c7ccccc7n7c8ccccc8c8ccc4c(c65)c87)c3)n2)cc1.c1ccc(-c2nc3ccc(-n4c5cccc6c5c5c7c(cccc7ccc54)-c4ccccc4-6)cc3nc2-c2ccccc2)cc1. The molecule has 21 aromatic carbocycles. The second-order valence-electron chi connectivity index (χ2n) is 36.4. The molecule has 0 atom stereocenters. The molecular weight excluding hydrogens is 1700 g/mol. The third-order valence-corrected chi connectivity index (χ3v) is 28.7. The van der Waals surface area contributed by atoms with Crippen molar-refractivity contribution in [2.24, 2.45) is 0 Å². The first-order chi connectivity index (χ1) is 69.5. The van der Waals surface area contributed by atoms with Gasteiger partial charge in [0, 0.05) is 110 Å². The van der Waals surface area contributed by atoms with Crippen LogP contribution in [0.25, 0.3) is 288 Å². The van der Waals surface area contributed by atoms with Crippen LogP contribution in [-0.2, 0) is 0 Å². The van der Waals surface area contributed by atoms with Gasteiger partial charge in [-0.2, -0.15) is 0 Å². The molecule has 0 saturated carbocycles. The molecule has 0 unspecified atom stereocenters. The van der Waals surface area contributed by atoms with E-state index in [1.165, 1.54) is 170 Å². The topological polar surface area (TPSA) is 109 Å². The summed E-state index contributed by atoms with van der Waals surface area (Å²) in [5.41, 5.74) is 36.7. The first-order valence-corrected chi connectivity index (χ1v) is 47.6. The molecule has 31 rings (SSSR count). The van der Waals surface area contributed by atoms with Gasteiger partial charge in [-0.1, -0.05) is 370 Å². The van der Waals surface area contributed by atoms with Crippen molar-refractivity contribution in [3.05, 3.63) is 467 Å². The van der Waals surface area contributed by atoms with Crippen molar-refractivity contribution in [3.63, 3.8) is 0 Å². The summed E-state index contributed by atoms with van der Waals surface area (Å²) in [6.07, 6.45) is 0. The Morgan fingerprint density at radius 1 is 0.150 bits per heavy atom. The normalized spacial score (nSPS) is 12.0. The van der Waals surface area contributed by atoms with Crippen molar-refractivity contribution < 1.29 is 0 Å². The molecule has 648 valence electrons. The molecule has 8 aromatic heterocycles. The lowest BCUT2D eigenvalue weighted by Gasteiger charge is -2.15. The minimum absolute atomic E-state index is 0.638. The van der Waals surface area contributed by atoms with Crippen LogP contribution < -0.4 is 0 Å². The third-order valence-electron chi connectivity index (χ3n) is 28.7. The number of aromatic nitrogens is 11. The number of hydrogen-bond acceptors (Lipinski definition) is 7. The van der Waals surface area contributed by atoms with Crippen LogP contribution in [0, 0.1) is 0 Å². The molecule has 11 heteroatoms. The summed E-state index contributed by atoms with van der Waals surface area (Å²) < 4.78 is 9.72. The Balaban J connectivity index is 0.000000101. The molecule has 11 nitrogen and oxygen atoms in total. The second-order valence-corrected chi connectivity index (χ2v) is 36.4. The molecule has 0 amide bonds. The molecule has 2 aliphatic rings. The van der Waals surface area contributed by atoms with E-state index in [1.807, 2.05) is 97.1 Å². The highest BCUT2D eigenvalue weighted by atomic mass is 15.0. The Hall–Kier alpha value is -19.0. The smallest absolute Gasteiger partial charge is 0.164 e. The van der Waals surface area contributed by atoms with E-state index in [9.17, 15) is 0 Å². The van der Waals surface area contributed by atoms with E-state index in [0.29, 0.717) is 17.5 Å². The van der Waals surface area contributed by atoms with Crippen LogP contribution >= 0.6 is 0 Å². The number of benzene rings is 21. The van der Waals surface area contributed by atoms with Crippen molar-refractivity contribution in [3.8, 4) is 141 Å². The van der Waals surface area contributed by atoms with E-state index in [0.717, 1.165) is 101 Å². The quantitative estimate of drug-likeness (QED) is 0.134. The highest BCUT2D eigenvalue weighted by Crippen LogP contribution is 2.54. The van der Waals surface area contributed by atoms with E-state index < -0.39 is 0 Å².